The summed E-state index contributed by atoms with van der Waals surface area (Å²) in [7, 11) is 0. The number of rotatable bonds is 4. The van der Waals surface area contributed by atoms with E-state index in [0.717, 1.165) is 6.92 Å². The number of nitrogens with one attached hydrogen (secondary N) is 1. The second kappa shape index (κ2) is 5.65. The Labute approximate surface area is 116 Å². The summed E-state index contributed by atoms with van der Waals surface area (Å²) in [6.07, 6.45) is 0. The summed E-state index contributed by atoms with van der Waals surface area (Å²) in [6.45, 7) is -4.95. The van der Waals surface area contributed by atoms with Crippen LogP contribution in [0, 0.1) is 16.7 Å². The lowest BCUT2D eigenvalue weighted by Gasteiger charge is -2.29. The van der Waals surface area contributed by atoms with E-state index in [-0.39, 0.29) is 0 Å². The maximum absolute atomic E-state index is 11.7. The first-order valence-corrected chi connectivity index (χ1v) is 5.36. The van der Waals surface area contributed by atoms with Crippen LogP contribution >= 0.6 is 0 Å². The summed E-state index contributed by atoms with van der Waals surface area (Å²) in [5.74, 6) is -0.847. The van der Waals surface area contributed by atoms with E-state index < -0.39 is 37.1 Å². The molecule has 1 aromatic rings. The predicted octanol–water partition coefficient (Wildman–Crippen LogP) is 1.74. The minimum Gasteiger partial charge on any atom is -0.368 e. The number of hydrogen-bond acceptors (Lipinski definition) is 3. The van der Waals surface area contributed by atoms with Gasteiger partial charge in [-0.3, -0.25) is 10.1 Å². The van der Waals surface area contributed by atoms with Gasteiger partial charge in [0.15, 0.2) is 0 Å². The number of nitriles is 1. The smallest absolute Gasteiger partial charge is 0.239 e. The molecule has 0 aromatic heterocycles. The summed E-state index contributed by atoms with van der Waals surface area (Å²) in [4.78, 5) is 11.7. The summed E-state index contributed by atoms with van der Waals surface area (Å²) in [6, 6.07) is 6.94. The number of primary amides is 1. The van der Waals surface area contributed by atoms with E-state index in [1.807, 2.05) is 0 Å². The molecule has 18 heavy (non-hydrogen) atoms. The molecule has 0 aliphatic heterocycles. The molecule has 0 fully saturated rings. The minimum atomic E-state index is -2.97. The van der Waals surface area contributed by atoms with Crippen molar-refractivity contribution in [1.29, 1.82) is 5.26 Å². The van der Waals surface area contributed by atoms with Gasteiger partial charge in [0.2, 0.25) is 5.91 Å². The molecule has 4 nitrogen and oxygen atoms in total. The van der Waals surface area contributed by atoms with E-state index in [0.29, 0.717) is 5.56 Å². The largest absolute Gasteiger partial charge is 0.368 e. The van der Waals surface area contributed by atoms with Crippen LogP contribution in [-0.2, 0) is 4.79 Å². The molecule has 0 unspecified atom stereocenters. The molecular formula is C14H19N3O. The van der Waals surface area contributed by atoms with Crippen molar-refractivity contribution in [2.45, 2.75) is 32.7 Å². The Hall–Kier alpha value is -1.86. The van der Waals surface area contributed by atoms with Crippen LogP contribution < -0.4 is 11.1 Å². The van der Waals surface area contributed by atoms with Crippen molar-refractivity contribution >= 4 is 5.91 Å². The Morgan fingerprint density at radius 1 is 1.50 bits per heavy atom. The Morgan fingerprint density at radius 3 is 2.56 bits per heavy atom. The molecule has 0 heterocycles. The number of amides is 1. The van der Waals surface area contributed by atoms with Crippen molar-refractivity contribution in [3.63, 3.8) is 0 Å². The molecule has 1 aromatic carbocycles. The van der Waals surface area contributed by atoms with Gasteiger partial charge in [-0.25, -0.2) is 0 Å². The number of hydrogen-bond donors (Lipinski definition) is 2. The summed E-state index contributed by atoms with van der Waals surface area (Å²) >= 11 is 0. The predicted molar refractivity (Wildman–Crippen MR) is 70.4 cm³/mol. The van der Waals surface area contributed by atoms with Gasteiger partial charge in [0.25, 0.3) is 0 Å². The SMILES string of the molecule is [2H]C([2H])([2H])C(C)([C@@H](C#N)N[C@@H](C(N)=O)c1ccccc1)C([2H])([2H])[2H]. The van der Waals surface area contributed by atoms with Crippen molar-refractivity contribution in [2.75, 3.05) is 0 Å². The molecule has 0 saturated carbocycles. The van der Waals surface area contributed by atoms with Gasteiger partial charge >= 0.3 is 0 Å². The quantitative estimate of drug-likeness (QED) is 0.855. The first kappa shape index (κ1) is 7.55. The fraction of sp³-hybridized carbons (Fsp3) is 0.429. The second-order valence-corrected chi connectivity index (χ2v) is 4.18. The van der Waals surface area contributed by atoms with Crippen molar-refractivity contribution in [3.05, 3.63) is 35.9 Å². The van der Waals surface area contributed by atoms with Crippen LogP contribution in [0.5, 0.6) is 0 Å². The number of benzene rings is 1. The van der Waals surface area contributed by atoms with Gasteiger partial charge in [-0.15, -0.1) is 0 Å². The van der Waals surface area contributed by atoms with Crippen LogP contribution in [0.15, 0.2) is 30.3 Å². The zero-order valence-electron chi connectivity index (χ0n) is 16.0. The first-order valence-electron chi connectivity index (χ1n) is 8.36. The third kappa shape index (κ3) is 3.57. The van der Waals surface area contributed by atoms with Gasteiger partial charge in [-0.05, 0) is 11.0 Å². The number of nitrogens with zero attached hydrogens (tertiary/aromatic N) is 1. The lowest BCUT2D eigenvalue weighted by Crippen LogP contribution is -2.45. The van der Waals surface area contributed by atoms with Gasteiger partial charge in [0.1, 0.15) is 12.1 Å². The molecule has 2 atom stereocenters. The third-order valence-electron chi connectivity index (χ3n) is 2.46. The molecular weight excluding hydrogens is 226 g/mol. The monoisotopic (exact) mass is 251 g/mol. The first-order chi connectivity index (χ1) is 10.9. The highest BCUT2D eigenvalue weighted by atomic mass is 16.1. The van der Waals surface area contributed by atoms with Gasteiger partial charge < -0.3 is 5.73 Å². The van der Waals surface area contributed by atoms with E-state index in [2.05, 4.69) is 5.32 Å². The molecule has 1 rings (SSSR count). The highest BCUT2D eigenvalue weighted by Crippen LogP contribution is 2.22. The molecule has 0 aliphatic rings. The van der Waals surface area contributed by atoms with E-state index in [1.165, 1.54) is 0 Å². The number of carbonyl (C=O) groups excluding carboxylic acids is 1. The van der Waals surface area contributed by atoms with Gasteiger partial charge in [-0.1, -0.05) is 51.0 Å². The Morgan fingerprint density at radius 2 is 2.11 bits per heavy atom. The summed E-state index contributed by atoms with van der Waals surface area (Å²) in [5.41, 5.74) is 3.36. The molecule has 4 heteroatoms. The van der Waals surface area contributed by atoms with Crippen molar-refractivity contribution in [2.24, 2.45) is 11.1 Å². The normalized spacial score (nSPS) is 20.9. The Kier molecular flexibility index (Phi) is 2.37. The molecule has 0 spiro atoms. The average Bonchev–Trinajstić information content (AvgIpc) is 2.46. The zero-order valence-corrected chi connectivity index (χ0v) is 9.97. The van der Waals surface area contributed by atoms with Crippen molar-refractivity contribution in [3.8, 4) is 6.07 Å². The van der Waals surface area contributed by atoms with Gasteiger partial charge in [0.05, 0.1) is 6.07 Å². The third-order valence-corrected chi connectivity index (χ3v) is 2.46. The highest BCUT2D eigenvalue weighted by Gasteiger charge is 2.29. The van der Waals surface area contributed by atoms with Crippen LogP contribution in [0.1, 0.15) is 40.5 Å². The molecule has 96 valence electrons. The van der Waals surface area contributed by atoms with Crippen molar-refractivity contribution in [1.82, 2.24) is 5.32 Å². The Balaban J connectivity index is 3.33. The molecule has 0 aliphatic carbocycles. The van der Waals surface area contributed by atoms with Gasteiger partial charge in [-0.2, -0.15) is 5.26 Å². The highest BCUT2D eigenvalue weighted by molar-refractivity contribution is 5.81. The maximum Gasteiger partial charge on any atom is 0.239 e. The standard InChI is InChI=1S/C14H19N3O/c1-14(2,3)11(9-15)17-12(13(16)18)10-7-5-4-6-8-10/h4-8,11-12,17H,1-3H3,(H2,16,18)/t11-,12-/m1/s1/i1D3,2D3. The van der Waals surface area contributed by atoms with Crippen LogP contribution in [0.25, 0.3) is 0 Å². The molecule has 0 radical (unpaired) electrons. The maximum atomic E-state index is 11.7. The van der Waals surface area contributed by atoms with Gasteiger partial charge in [0, 0.05) is 8.22 Å². The van der Waals surface area contributed by atoms with E-state index in [9.17, 15) is 10.1 Å². The molecule has 1 amide bonds. The average molecular weight is 251 g/mol. The lowest BCUT2D eigenvalue weighted by atomic mass is 9.86. The minimum absolute atomic E-state index is 0.406. The van der Waals surface area contributed by atoms with Crippen LogP contribution in [0.3, 0.4) is 0 Å². The number of nitrogens with two attached hydrogens (primary N) is 1. The fourth-order valence-electron chi connectivity index (χ4n) is 1.49. The summed E-state index contributed by atoms with van der Waals surface area (Å²) < 4.78 is 45.6. The van der Waals surface area contributed by atoms with E-state index in [4.69, 9.17) is 14.0 Å². The Bertz CT molecular complexity index is 606. The fourth-order valence-corrected chi connectivity index (χ4v) is 1.49. The molecule has 0 bridgehead atoms. The van der Waals surface area contributed by atoms with Crippen LogP contribution in [-0.4, -0.2) is 11.9 Å². The molecule has 3 N–H and O–H groups in total. The lowest BCUT2D eigenvalue weighted by molar-refractivity contribution is -0.120. The zero-order chi connectivity index (χ0) is 18.8. The van der Waals surface area contributed by atoms with Crippen molar-refractivity contribution < 1.29 is 13.0 Å². The van der Waals surface area contributed by atoms with E-state index in [1.54, 1.807) is 36.4 Å². The van der Waals surface area contributed by atoms with Crippen LogP contribution in [0.2, 0.25) is 0 Å². The van der Waals surface area contributed by atoms with E-state index >= 15 is 0 Å². The summed E-state index contributed by atoms with van der Waals surface area (Å²) in [5, 5.41) is 11.9. The molecule has 0 saturated heterocycles. The topological polar surface area (TPSA) is 78.9 Å². The van der Waals surface area contributed by atoms with Crippen LogP contribution in [0.4, 0.5) is 0 Å². The second-order valence-electron chi connectivity index (χ2n) is 4.18. The number of carbonyl (C=O) groups is 1.